The van der Waals surface area contributed by atoms with Gasteiger partial charge in [0.2, 0.25) is 11.8 Å². The van der Waals surface area contributed by atoms with E-state index in [1.807, 2.05) is 34.6 Å². The fraction of sp³-hybridized carbons (Fsp3) is 0.217. The number of carbonyl (C=O) groups is 2. The van der Waals surface area contributed by atoms with Gasteiger partial charge in [0.25, 0.3) is 11.9 Å². The minimum absolute atomic E-state index is 0.138. The summed E-state index contributed by atoms with van der Waals surface area (Å²) >= 11 is 2.08. The summed E-state index contributed by atoms with van der Waals surface area (Å²) < 4.78 is 60.3. The molecule has 0 saturated heterocycles. The highest BCUT2D eigenvalue weighted by Gasteiger charge is 2.43. The third-order valence-electron chi connectivity index (χ3n) is 11.5. The Kier molecular flexibility index (Phi) is 10.3. The molecule has 0 atom stereocenters. The Morgan fingerprint density at radius 2 is 1.03 bits per heavy atom. The van der Waals surface area contributed by atoms with E-state index in [2.05, 4.69) is 58.4 Å². The van der Waals surface area contributed by atoms with Crippen LogP contribution in [0.1, 0.15) is 74.0 Å². The molecule has 4 aromatic carbocycles. The molecule has 63 heavy (non-hydrogen) atoms. The largest absolute Gasteiger partial charge is 0.309 e. The quantitative estimate of drug-likeness (QED) is 0.0915. The van der Waals surface area contributed by atoms with Crippen LogP contribution >= 0.6 is 22.6 Å². The van der Waals surface area contributed by atoms with Crippen molar-refractivity contribution in [3.63, 3.8) is 0 Å². The number of hydrogen-bond acceptors (Lipinski definition) is 8. The standard InChI is InChI=1S/C24H21F2N5O.C22H16F2IN5O/c1-4-17-20-21(28-22(32)24(20,2)3)29-23(27-17)31-19-10-9-14(25)12-15(19)18(30-31)11-13-7-5-6-8-16(13)26;1-22(2)17-18(25)26-21(28-19(17)27-20(22)31)30-16-8-7-12(23)10-13(16)15(29-30)9-11-5-3-4-6-14(11)24/h5-10,12H,4,11H2,1-3H3,(H,27,28,29,32);3-8,10H,9H2,1-2H3,(H,26,27,28,31). The van der Waals surface area contributed by atoms with Crippen molar-refractivity contribution >= 4 is 67.8 Å². The molecule has 0 spiro atoms. The predicted molar refractivity (Wildman–Crippen MR) is 237 cm³/mol. The van der Waals surface area contributed by atoms with E-state index in [1.165, 1.54) is 45.8 Å². The number of hydrogen-bond donors (Lipinski definition) is 2. The molecular formula is C46H37F4IN10O2. The number of rotatable bonds is 7. The first kappa shape index (κ1) is 41.7. The number of benzene rings is 4. The monoisotopic (exact) mass is 964 g/mol. The lowest BCUT2D eigenvalue weighted by Gasteiger charge is -2.17. The van der Waals surface area contributed by atoms with E-state index in [0.29, 0.717) is 66.1 Å². The lowest BCUT2D eigenvalue weighted by molar-refractivity contribution is -0.120. The van der Waals surface area contributed by atoms with Crippen molar-refractivity contribution in [2.24, 2.45) is 0 Å². The van der Waals surface area contributed by atoms with Crippen molar-refractivity contribution in [2.45, 2.75) is 64.7 Å². The van der Waals surface area contributed by atoms with E-state index in [-0.39, 0.29) is 48.2 Å². The Balaban J connectivity index is 0.000000160. The van der Waals surface area contributed by atoms with E-state index in [4.69, 9.17) is 4.98 Å². The average Bonchev–Trinajstić information content (AvgIpc) is 3.92. The van der Waals surface area contributed by atoms with Gasteiger partial charge in [0.05, 0.1) is 38.9 Å². The van der Waals surface area contributed by atoms with Crippen LogP contribution < -0.4 is 10.6 Å². The molecule has 2 aliphatic rings. The molecule has 0 fully saturated rings. The van der Waals surface area contributed by atoms with Gasteiger partial charge < -0.3 is 10.6 Å². The highest BCUT2D eigenvalue weighted by Crippen LogP contribution is 2.40. The molecule has 2 amide bonds. The van der Waals surface area contributed by atoms with Crippen molar-refractivity contribution < 1.29 is 27.2 Å². The maximum absolute atomic E-state index is 14.3. The Hall–Kier alpha value is -6.63. The summed E-state index contributed by atoms with van der Waals surface area (Å²) in [6.45, 7) is 9.28. The maximum Gasteiger partial charge on any atom is 0.254 e. The van der Waals surface area contributed by atoms with Crippen molar-refractivity contribution in [1.82, 2.24) is 39.5 Å². The Labute approximate surface area is 371 Å². The lowest BCUT2D eigenvalue weighted by atomic mass is 9.85. The fourth-order valence-electron chi connectivity index (χ4n) is 8.02. The zero-order chi connectivity index (χ0) is 44.5. The minimum atomic E-state index is -0.740. The second kappa shape index (κ2) is 15.6. The summed E-state index contributed by atoms with van der Waals surface area (Å²) in [6.07, 6.45) is 0.979. The van der Waals surface area contributed by atoms with E-state index >= 15 is 0 Å². The normalized spacial score (nSPS) is 14.6. The predicted octanol–water partition coefficient (Wildman–Crippen LogP) is 9.00. The molecule has 4 aromatic heterocycles. The van der Waals surface area contributed by atoms with Gasteiger partial charge in [0.1, 0.15) is 38.6 Å². The van der Waals surface area contributed by atoms with Gasteiger partial charge in [0, 0.05) is 34.7 Å². The summed E-state index contributed by atoms with van der Waals surface area (Å²) in [6, 6.07) is 21.5. The molecule has 0 bridgehead atoms. The number of aryl methyl sites for hydroxylation is 1. The van der Waals surface area contributed by atoms with Crippen molar-refractivity contribution in [1.29, 1.82) is 0 Å². The molecule has 0 unspecified atom stereocenters. The SMILES string of the molecule is CC1(C)C(=O)Nc2nc(-n3nc(Cc4ccccc4F)c4cc(F)ccc43)nc(I)c21.CCc1nc(-n2nc(Cc3ccccc3F)c3cc(F)ccc32)nc2c1C(C)(C)C(=O)N2. The highest BCUT2D eigenvalue weighted by molar-refractivity contribution is 14.1. The third-order valence-corrected chi connectivity index (χ3v) is 12.2. The van der Waals surface area contributed by atoms with Crippen molar-refractivity contribution in [3.8, 4) is 11.9 Å². The number of fused-ring (bicyclic) bond motifs is 4. The Bertz CT molecular complexity index is 3200. The number of carbonyl (C=O) groups excluding carboxylic acids is 2. The molecule has 2 aliphatic heterocycles. The van der Waals surface area contributed by atoms with E-state index < -0.39 is 22.5 Å². The molecule has 6 heterocycles. The summed E-state index contributed by atoms with van der Waals surface area (Å²) in [5.74, 6) is -0.402. The summed E-state index contributed by atoms with van der Waals surface area (Å²) in [4.78, 5) is 43.2. The van der Waals surface area contributed by atoms with E-state index in [1.54, 1.807) is 48.5 Å². The zero-order valence-corrected chi connectivity index (χ0v) is 36.6. The van der Waals surface area contributed by atoms with Gasteiger partial charge in [-0.2, -0.15) is 29.5 Å². The van der Waals surface area contributed by atoms with Gasteiger partial charge in [-0.05, 0) is 116 Å². The highest BCUT2D eigenvalue weighted by atomic mass is 127. The Morgan fingerprint density at radius 3 is 1.51 bits per heavy atom. The lowest BCUT2D eigenvalue weighted by Crippen LogP contribution is -2.28. The van der Waals surface area contributed by atoms with E-state index in [0.717, 1.165) is 16.8 Å². The second-order valence-corrected chi connectivity index (χ2v) is 17.3. The molecule has 2 N–H and O–H groups in total. The number of nitrogens with zero attached hydrogens (tertiary/aromatic N) is 8. The molecule has 12 nitrogen and oxygen atoms in total. The number of halogens is 5. The third kappa shape index (κ3) is 7.26. The van der Waals surface area contributed by atoms with Crippen LogP contribution in [-0.4, -0.2) is 51.3 Å². The van der Waals surface area contributed by atoms with Crippen molar-refractivity contribution in [2.75, 3.05) is 10.6 Å². The van der Waals surface area contributed by atoms with Gasteiger partial charge >= 0.3 is 0 Å². The topological polar surface area (TPSA) is 145 Å². The molecular weight excluding hydrogens is 927 g/mol. The van der Waals surface area contributed by atoms with Crippen LogP contribution in [-0.2, 0) is 39.7 Å². The molecule has 17 heteroatoms. The van der Waals surface area contributed by atoms with Gasteiger partial charge in [0.15, 0.2) is 0 Å². The number of nitrogens with one attached hydrogen (secondary N) is 2. The molecule has 10 rings (SSSR count). The summed E-state index contributed by atoms with van der Waals surface area (Å²) in [7, 11) is 0. The average molecular weight is 965 g/mol. The first-order valence-electron chi connectivity index (χ1n) is 20.0. The number of anilines is 2. The molecule has 318 valence electrons. The van der Waals surface area contributed by atoms with Gasteiger partial charge in [-0.3, -0.25) is 9.59 Å². The van der Waals surface area contributed by atoms with Gasteiger partial charge in [-0.15, -0.1) is 0 Å². The molecule has 0 radical (unpaired) electrons. The zero-order valence-electron chi connectivity index (χ0n) is 34.5. The van der Waals surface area contributed by atoms with Crippen LogP contribution in [0.2, 0.25) is 0 Å². The van der Waals surface area contributed by atoms with Gasteiger partial charge in [-0.25, -0.2) is 27.5 Å². The smallest absolute Gasteiger partial charge is 0.254 e. The fourth-order valence-corrected chi connectivity index (χ4v) is 9.17. The van der Waals surface area contributed by atoms with Crippen LogP contribution in [0.4, 0.5) is 29.2 Å². The summed E-state index contributed by atoms with van der Waals surface area (Å²) in [5.41, 5.74) is 3.90. The van der Waals surface area contributed by atoms with Crippen molar-refractivity contribution in [3.05, 3.63) is 151 Å². The molecule has 0 saturated carbocycles. The van der Waals surface area contributed by atoms with Crippen LogP contribution in [0.15, 0.2) is 84.9 Å². The first-order chi connectivity index (χ1) is 30.0. The molecule has 0 aliphatic carbocycles. The van der Waals surface area contributed by atoms with Crippen LogP contribution in [0.3, 0.4) is 0 Å². The van der Waals surface area contributed by atoms with E-state index in [9.17, 15) is 27.2 Å². The van der Waals surface area contributed by atoms with Gasteiger partial charge in [-0.1, -0.05) is 43.3 Å². The van der Waals surface area contributed by atoms with Crippen LogP contribution in [0, 0.1) is 27.0 Å². The number of amides is 2. The van der Waals surface area contributed by atoms with Crippen LogP contribution in [0.5, 0.6) is 0 Å². The maximum atomic E-state index is 14.3. The minimum Gasteiger partial charge on any atom is -0.309 e. The first-order valence-corrected chi connectivity index (χ1v) is 21.1. The second-order valence-electron chi connectivity index (χ2n) is 16.3. The van der Waals surface area contributed by atoms with Crippen LogP contribution in [0.25, 0.3) is 33.7 Å². The Morgan fingerprint density at radius 1 is 0.587 bits per heavy atom. The number of aromatic nitrogens is 8. The summed E-state index contributed by atoms with van der Waals surface area (Å²) in [5, 5.41) is 16.0. The molecule has 8 aromatic rings.